The van der Waals surface area contributed by atoms with E-state index in [9.17, 15) is 4.39 Å². The molecule has 0 bridgehead atoms. The molecule has 1 N–H and O–H groups in total. The van der Waals surface area contributed by atoms with Gasteiger partial charge in [-0.1, -0.05) is 17.7 Å². The number of aromatic nitrogens is 1. The Labute approximate surface area is 116 Å². The van der Waals surface area contributed by atoms with Crippen LogP contribution in [0.2, 0.25) is 5.02 Å². The zero-order valence-electron chi connectivity index (χ0n) is 8.92. The molecule has 1 aromatic heterocycles. The van der Waals surface area contributed by atoms with Crippen LogP contribution in [0.1, 0.15) is 5.69 Å². The smallest absolute Gasteiger partial charge is 0.142 e. The van der Waals surface area contributed by atoms with Crippen LogP contribution in [0.25, 0.3) is 0 Å². The lowest BCUT2D eigenvalue weighted by molar-refractivity contribution is 0.627. The number of hydrogen-bond acceptors (Lipinski definition) is 3. The summed E-state index contributed by atoms with van der Waals surface area (Å²) >= 11 is 9.14. The second kappa shape index (κ2) is 5.34. The molecule has 6 heteroatoms. The number of hydrogen-bond donors (Lipinski definition) is 1. The zero-order valence-corrected chi connectivity index (χ0v) is 11.3. The van der Waals surface area contributed by atoms with Crippen molar-refractivity contribution in [1.82, 2.24) is 4.98 Å². The van der Waals surface area contributed by atoms with E-state index < -0.39 is 5.82 Å². The summed E-state index contributed by atoms with van der Waals surface area (Å²) in [7, 11) is 0. The molecule has 2 rings (SSSR count). The van der Waals surface area contributed by atoms with E-state index in [0.29, 0.717) is 16.0 Å². The van der Waals surface area contributed by atoms with E-state index in [4.69, 9.17) is 16.9 Å². The largest absolute Gasteiger partial charge is 0.338 e. The van der Waals surface area contributed by atoms with Crippen molar-refractivity contribution in [3.63, 3.8) is 0 Å². The third kappa shape index (κ3) is 2.78. The maximum absolute atomic E-state index is 13.1. The van der Waals surface area contributed by atoms with Crippen molar-refractivity contribution in [1.29, 1.82) is 5.26 Å². The van der Waals surface area contributed by atoms with Gasteiger partial charge >= 0.3 is 0 Å². The normalized spacial score (nSPS) is 9.89. The van der Waals surface area contributed by atoms with Crippen LogP contribution in [0.3, 0.4) is 0 Å². The highest BCUT2D eigenvalue weighted by Gasteiger charge is 2.09. The Hall–Kier alpha value is -1.64. The number of nitrogens with zero attached hydrogens (tertiary/aromatic N) is 2. The van der Waals surface area contributed by atoms with Gasteiger partial charge in [-0.05, 0) is 40.2 Å². The molecule has 0 amide bonds. The van der Waals surface area contributed by atoms with Crippen LogP contribution in [0.15, 0.2) is 34.8 Å². The number of nitrogens with one attached hydrogen (secondary N) is 1. The zero-order chi connectivity index (χ0) is 13.1. The number of halogens is 3. The first-order valence-corrected chi connectivity index (χ1v) is 6.06. The van der Waals surface area contributed by atoms with E-state index in [-0.39, 0.29) is 10.7 Å². The van der Waals surface area contributed by atoms with Gasteiger partial charge in [0.05, 0.1) is 10.7 Å². The highest BCUT2D eigenvalue weighted by Crippen LogP contribution is 2.33. The first-order chi connectivity index (χ1) is 8.60. The lowest BCUT2D eigenvalue weighted by atomic mass is 10.3. The molecule has 1 aromatic carbocycles. The average molecular weight is 327 g/mol. The molecule has 1 heterocycles. The van der Waals surface area contributed by atoms with E-state index in [1.165, 1.54) is 12.1 Å². The molecule has 18 heavy (non-hydrogen) atoms. The molecular weight excluding hydrogens is 321 g/mol. The maximum Gasteiger partial charge on any atom is 0.142 e. The van der Waals surface area contributed by atoms with Gasteiger partial charge in [-0.3, -0.25) is 0 Å². The quantitative estimate of drug-likeness (QED) is 0.897. The first-order valence-electron chi connectivity index (χ1n) is 4.89. The van der Waals surface area contributed by atoms with Crippen molar-refractivity contribution in [3.8, 4) is 6.07 Å². The number of nitriles is 1. The van der Waals surface area contributed by atoms with Crippen LogP contribution >= 0.6 is 27.5 Å². The predicted molar refractivity (Wildman–Crippen MR) is 71.3 cm³/mol. The van der Waals surface area contributed by atoms with Gasteiger partial charge in [-0.2, -0.15) is 5.26 Å². The number of benzene rings is 1. The average Bonchev–Trinajstić information content (AvgIpc) is 2.34. The van der Waals surface area contributed by atoms with Crippen molar-refractivity contribution in [3.05, 3.63) is 51.3 Å². The summed E-state index contributed by atoms with van der Waals surface area (Å²) in [6.07, 6.45) is 0. The third-order valence-electron chi connectivity index (χ3n) is 2.12. The van der Waals surface area contributed by atoms with Crippen molar-refractivity contribution in [2.24, 2.45) is 0 Å². The molecule has 0 spiro atoms. The van der Waals surface area contributed by atoms with Crippen LogP contribution in [0, 0.1) is 17.1 Å². The van der Waals surface area contributed by atoms with Gasteiger partial charge in [0.15, 0.2) is 0 Å². The summed E-state index contributed by atoms with van der Waals surface area (Å²) in [5.74, 6) is 0.0272. The Balaban J connectivity index is 2.37. The van der Waals surface area contributed by atoms with Crippen LogP contribution in [0.5, 0.6) is 0 Å². The molecule has 3 nitrogen and oxygen atoms in total. The van der Waals surface area contributed by atoms with Gasteiger partial charge in [-0.15, -0.1) is 0 Å². The second-order valence-corrected chi connectivity index (χ2v) is 4.65. The fourth-order valence-corrected chi connectivity index (χ4v) is 2.26. The molecular formula is C12H6BrClFN3. The SMILES string of the molecule is N#Cc1cccc(Nc2c(Cl)cc(F)cc2Br)n1. The fourth-order valence-electron chi connectivity index (χ4n) is 1.36. The highest BCUT2D eigenvalue weighted by molar-refractivity contribution is 9.10. The highest BCUT2D eigenvalue weighted by atomic mass is 79.9. The van der Waals surface area contributed by atoms with Gasteiger partial charge in [0.2, 0.25) is 0 Å². The standard InChI is InChI=1S/C12H6BrClFN3/c13-9-4-7(15)5-10(14)12(9)18-11-3-1-2-8(6-16)17-11/h1-5H,(H,17,18). The predicted octanol–water partition coefficient (Wildman–Crippen LogP) is 4.25. The molecule has 0 unspecified atom stereocenters. The Bertz CT molecular complexity index is 616. The summed E-state index contributed by atoms with van der Waals surface area (Å²) in [5.41, 5.74) is 0.787. The molecule has 0 aliphatic carbocycles. The summed E-state index contributed by atoms with van der Waals surface area (Å²) in [6.45, 7) is 0. The number of pyridine rings is 1. The summed E-state index contributed by atoms with van der Waals surface area (Å²) in [4.78, 5) is 4.05. The summed E-state index contributed by atoms with van der Waals surface area (Å²) < 4.78 is 13.5. The minimum Gasteiger partial charge on any atom is -0.338 e. The van der Waals surface area contributed by atoms with Gasteiger partial charge in [0.1, 0.15) is 23.4 Å². The second-order valence-electron chi connectivity index (χ2n) is 3.39. The third-order valence-corrected chi connectivity index (χ3v) is 3.05. The molecule has 0 fully saturated rings. The van der Waals surface area contributed by atoms with Gasteiger partial charge in [0.25, 0.3) is 0 Å². The van der Waals surface area contributed by atoms with Gasteiger partial charge < -0.3 is 5.32 Å². The van der Waals surface area contributed by atoms with Gasteiger partial charge in [-0.25, -0.2) is 9.37 Å². The van der Waals surface area contributed by atoms with Crippen LogP contribution < -0.4 is 5.32 Å². The van der Waals surface area contributed by atoms with E-state index >= 15 is 0 Å². The molecule has 0 aliphatic heterocycles. The minimum absolute atomic E-state index is 0.228. The lowest BCUT2D eigenvalue weighted by Gasteiger charge is -2.10. The lowest BCUT2D eigenvalue weighted by Crippen LogP contribution is -1.97. The van der Waals surface area contributed by atoms with Crippen LogP contribution in [0.4, 0.5) is 15.9 Å². The van der Waals surface area contributed by atoms with E-state index in [2.05, 4.69) is 26.2 Å². The van der Waals surface area contributed by atoms with Crippen LogP contribution in [-0.2, 0) is 0 Å². The van der Waals surface area contributed by atoms with Crippen molar-refractivity contribution < 1.29 is 4.39 Å². The van der Waals surface area contributed by atoms with E-state index in [1.54, 1.807) is 18.2 Å². The maximum atomic E-state index is 13.1. The topological polar surface area (TPSA) is 48.7 Å². The summed E-state index contributed by atoms with van der Waals surface area (Å²) in [5, 5.41) is 11.9. The van der Waals surface area contributed by atoms with Crippen molar-refractivity contribution in [2.45, 2.75) is 0 Å². The van der Waals surface area contributed by atoms with Crippen molar-refractivity contribution >= 4 is 39.0 Å². The monoisotopic (exact) mass is 325 g/mol. The Kier molecular flexibility index (Phi) is 3.80. The van der Waals surface area contributed by atoms with Gasteiger partial charge in [0, 0.05) is 4.47 Å². The molecule has 0 saturated carbocycles. The van der Waals surface area contributed by atoms with Crippen LogP contribution in [-0.4, -0.2) is 4.98 Å². The van der Waals surface area contributed by atoms with E-state index in [0.717, 1.165) is 0 Å². The molecule has 0 aliphatic rings. The molecule has 0 radical (unpaired) electrons. The first kappa shape index (κ1) is 12.8. The number of anilines is 2. The fraction of sp³-hybridized carbons (Fsp3) is 0. The number of rotatable bonds is 2. The Morgan fingerprint density at radius 3 is 2.83 bits per heavy atom. The molecule has 0 saturated heterocycles. The summed E-state index contributed by atoms with van der Waals surface area (Å²) in [6, 6.07) is 9.40. The Morgan fingerprint density at radius 2 is 2.17 bits per heavy atom. The molecule has 90 valence electrons. The van der Waals surface area contributed by atoms with Crippen molar-refractivity contribution in [2.75, 3.05) is 5.32 Å². The Morgan fingerprint density at radius 1 is 1.39 bits per heavy atom. The molecule has 0 atom stereocenters. The molecule has 2 aromatic rings. The van der Waals surface area contributed by atoms with E-state index in [1.807, 2.05) is 6.07 Å². The minimum atomic E-state index is -0.434.